The summed E-state index contributed by atoms with van der Waals surface area (Å²) in [6.07, 6.45) is 5.13. The van der Waals surface area contributed by atoms with Gasteiger partial charge in [0, 0.05) is 24.7 Å². The highest BCUT2D eigenvalue weighted by molar-refractivity contribution is 6.17. The van der Waals surface area contributed by atoms with E-state index in [4.69, 9.17) is 16.6 Å². The second-order valence-electron chi connectivity index (χ2n) is 5.15. The van der Waals surface area contributed by atoms with Crippen LogP contribution >= 0.6 is 11.6 Å². The molecule has 2 nitrogen and oxygen atoms in total. The predicted octanol–water partition coefficient (Wildman–Crippen LogP) is 4.01. The van der Waals surface area contributed by atoms with Crippen molar-refractivity contribution in [1.29, 1.82) is 0 Å². The molecule has 0 aromatic carbocycles. The molecule has 3 heteroatoms. The molecule has 0 radical (unpaired) electrons. The SMILES string of the molecule is CCc1cc(CCl)cc(N(CC)CC2CCC2)n1. The van der Waals surface area contributed by atoms with Gasteiger partial charge in [-0.05, 0) is 49.8 Å². The van der Waals surface area contributed by atoms with Crippen molar-refractivity contribution < 1.29 is 0 Å². The van der Waals surface area contributed by atoms with Gasteiger partial charge in [0.1, 0.15) is 5.82 Å². The molecule has 100 valence electrons. The van der Waals surface area contributed by atoms with Gasteiger partial charge in [0.2, 0.25) is 0 Å². The summed E-state index contributed by atoms with van der Waals surface area (Å²) >= 11 is 5.97. The molecule has 1 aromatic rings. The van der Waals surface area contributed by atoms with E-state index in [0.29, 0.717) is 5.88 Å². The summed E-state index contributed by atoms with van der Waals surface area (Å²) in [6.45, 7) is 6.53. The minimum atomic E-state index is 0.573. The van der Waals surface area contributed by atoms with Crippen LogP contribution in [0.15, 0.2) is 12.1 Å². The Balaban J connectivity index is 2.16. The summed E-state index contributed by atoms with van der Waals surface area (Å²) in [5.74, 6) is 2.56. The summed E-state index contributed by atoms with van der Waals surface area (Å²) in [6, 6.07) is 4.27. The third-order valence-corrected chi connectivity index (χ3v) is 4.16. The van der Waals surface area contributed by atoms with Crippen LogP contribution in [0.1, 0.15) is 44.4 Å². The molecule has 1 aliphatic rings. The zero-order valence-corrected chi connectivity index (χ0v) is 12.2. The fourth-order valence-electron chi connectivity index (χ4n) is 2.43. The summed E-state index contributed by atoms with van der Waals surface area (Å²) in [5.41, 5.74) is 2.33. The lowest BCUT2D eigenvalue weighted by Gasteiger charge is -2.32. The van der Waals surface area contributed by atoms with Crippen LogP contribution in [0.25, 0.3) is 0 Å². The van der Waals surface area contributed by atoms with Crippen molar-refractivity contribution in [3.05, 3.63) is 23.4 Å². The first-order valence-electron chi connectivity index (χ1n) is 7.07. The van der Waals surface area contributed by atoms with Crippen molar-refractivity contribution in [3.8, 4) is 0 Å². The zero-order valence-electron chi connectivity index (χ0n) is 11.5. The number of aryl methyl sites for hydroxylation is 1. The van der Waals surface area contributed by atoms with Crippen molar-refractivity contribution in [1.82, 2.24) is 4.98 Å². The standard InChI is InChI=1S/C15H23ClN2/c1-3-14-8-13(10-16)9-15(17-14)18(4-2)11-12-6-5-7-12/h8-9,12H,3-7,10-11H2,1-2H3. The van der Waals surface area contributed by atoms with E-state index in [9.17, 15) is 0 Å². The van der Waals surface area contributed by atoms with Gasteiger partial charge in [-0.3, -0.25) is 0 Å². The predicted molar refractivity (Wildman–Crippen MR) is 78.4 cm³/mol. The quantitative estimate of drug-likeness (QED) is 0.724. The van der Waals surface area contributed by atoms with Gasteiger partial charge >= 0.3 is 0 Å². The van der Waals surface area contributed by atoms with Crippen LogP contribution in [0.5, 0.6) is 0 Å². The Labute approximate surface area is 115 Å². The number of nitrogens with zero attached hydrogens (tertiary/aromatic N) is 2. The molecule has 2 rings (SSSR count). The summed E-state index contributed by atoms with van der Waals surface area (Å²) in [7, 11) is 0. The van der Waals surface area contributed by atoms with Gasteiger partial charge in [-0.15, -0.1) is 11.6 Å². The van der Waals surface area contributed by atoms with E-state index in [-0.39, 0.29) is 0 Å². The maximum atomic E-state index is 5.97. The number of hydrogen-bond acceptors (Lipinski definition) is 2. The van der Waals surface area contributed by atoms with E-state index in [1.165, 1.54) is 24.8 Å². The van der Waals surface area contributed by atoms with Crippen molar-refractivity contribution in [2.75, 3.05) is 18.0 Å². The summed E-state index contributed by atoms with van der Waals surface area (Å²) in [4.78, 5) is 7.15. The molecule has 0 unspecified atom stereocenters. The highest BCUT2D eigenvalue weighted by Crippen LogP contribution is 2.28. The maximum Gasteiger partial charge on any atom is 0.129 e. The number of hydrogen-bond donors (Lipinski definition) is 0. The summed E-state index contributed by atoms with van der Waals surface area (Å²) in [5, 5.41) is 0. The third kappa shape index (κ3) is 3.17. The lowest BCUT2D eigenvalue weighted by atomic mass is 9.85. The Hall–Kier alpha value is -0.760. The molecule has 0 spiro atoms. The number of anilines is 1. The van der Waals surface area contributed by atoms with Crippen LogP contribution in [0, 0.1) is 5.92 Å². The second kappa shape index (κ2) is 6.42. The zero-order chi connectivity index (χ0) is 13.0. The molecule has 0 bridgehead atoms. The minimum Gasteiger partial charge on any atom is -0.357 e. The Kier molecular flexibility index (Phi) is 4.87. The molecular formula is C15H23ClN2. The Morgan fingerprint density at radius 1 is 1.33 bits per heavy atom. The van der Waals surface area contributed by atoms with E-state index < -0.39 is 0 Å². The van der Waals surface area contributed by atoms with E-state index in [2.05, 4.69) is 30.9 Å². The maximum absolute atomic E-state index is 5.97. The Morgan fingerprint density at radius 3 is 2.61 bits per heavy atom. The van der Waals surface area contributed by atoms with Gasteiger partial charge in [-0.2, -0.15) is 0 Å². The van der Waals surface area contributed by atoms with E-state index >= 15 is 0 Å². The first-order valence-corrected chi connectivity index (χ1v) is 7.61. The molecule has 0 amide bonds. The van der Waals surface area contributed by atoms with Gasteiger partial charge in [-0.1, -0.05) is 13.3 Å². The van der Waals surface area contributed by atoms with Crippen LogP contribution in [0.2, 0.25) is 0 Å². The normalized spacial score (nSPS) is 15.5. The van der Waals surface area contributed by atoms with E-state index in [1.54, 1.807) is 0 Å². The molecular weight excluding hydrogens is 244 g/mol. The minimum absolute atomic E-state index is 0.573. The molecule has 1 saturated carbocycles. The number of rotatable bonds is 6. The molecule has 0 atom stereocenters. The second-order valence-corrected chi connectivity index (χ2v) is 5.41. The first kappa shape index (κ1) is 13.7. The molecule has 0 aliphatic heterocycles. The molecule has 18 heavy (non-hydrogen) atoms. The number of aromatic nitrogens is 1. The van der Waals surface area contributed by atoms with Gasteiger partial charge in [0.25, 0.3) is 0 Å². The number of alkyl halides is 1. The van der Waals surface area contributed by atoms with Gasteiger partial charge < -0.3 is 4.90 Å². The fraction of sp³-hybridized carbons (Fsp3) is 0.667. The topological polar surface area (TPSA) is 16.1 Å². The largest absolute Gasteiger partial charge is 0.357 e. The Bertz CT molecular complexity index is 366. The van der Waals surface area contributed by atoms with E-state index in [1.807, 2.05) is 0 Å². The van der Waals surface area contributed by atoms with Crippen molar-refractivity contribution in [2.24, 2.45) is 5.92 Å². The first-order chi connectivity index (χ1) is 8.76. The average molecular weight is 267 g/mol. The smallest absolute Gasteiger partial charge is 0.129 e. The Morgan fingerprint density at radius 2 is 2.11 bits per heavy atom. The van der Waals surface area contributed by atoms with Gasteiger partial charge in [-0.25, -0.2) is 4.98 Å². The lowest BCUT2D eigenvalue weighted by Crippen LogP contribution is -2.33. The molecule has 0 N–H and O–H groups in total. The lowest BCUT2D eigenvalue weighted by molar-refractivity contribution is 0.318. The van der Waals surface area contributed by atoms with Gasteiger partial charge in [0.05, 0.1) is 0 Å². The van der Waals surface area contributed by atoms with Crippen LogP contribution < -0.4 is 4.90 Å². The third-order valence-electron chi connectivity index (χ3n) is 3.85. The van der Waals surface area contributed by atoms with Crippen LogP contribution in [-0.2, 0) is 12.3 Å². The number of pyridine rings is 1. The van der Waals surface area contributed by atoms with Crippen molar-refractivity contribution >= 4 is 17.4 Å². The molecule has 1 aliphatic carbocycles. The molecule has 1 heterocycles. The van der Waals surface area contributed by atoms with Crippen molar-refractivity contribution in [2.45, 2.75) is 45.4 Å². The fourth-order valence-corrected chi connectivity index (χ4v) is 2.58. The van der Waals surface area contributed by atoms with Crippen LogP contribution in [0.4, 0.5) is 5.82 Å². The van der Waals surface area contributed by atoms with Crippen LogP contribution in [-0.4, -0.2) is 18.1 Å². The monoisotopic (exact) mass is 266 g/mol. The van der Waals surface area contributed by atoms with E-state index in [0.717, 1.165) is 36.9 Å². The highest BCUT2D eigenvalue weighted by atomic mass is 35.5. The van der Waals surface area contributed by atoms with Gasteiger partial charge in [0.15, 0.2) is 0 Å². The highest BCUT2D eigenvalue weighted by Gasteiger charge is 2.21. The summed E-state index contributed by atoms with van der Waals surface area (Å²) < 4.78 is 0. The molecule has 1 aromatic heterocycles. The van der Waals surface area contributed by atoms with Crippen molar-refractivity contribution in [3.63, 3.8) is 0 Å². The molecule has 1 fully saturated rings. The molecule has 0 saturated heterocycles. The number of halogens is 1. The average Bonchev–Trinajstić information content (AvgIpc) is 2.37. The van der Waals surface area contributed by atoms with Crippen LogP contribution in [0.3, 0.4) is 0 Å².